The van der Waals surface area contributed by atoms with E-state index in [1.54, 1.807) is 7.05 Å². The van der Waals surface area contributed by atoms with Crippen LogP contribution in [0, 0.1) is 0 Å². The minimum absolute atomic E-state index is 0.414. The number of para-hydroxylation sites is 1. The summed E-state index contributed by atoms with van der Waals surface area (Å²) in [5.74, 6) is 1.81. The van der Waals surface area contributed by atoms with E-state index in [1.165, 1.54) is 19.3 Å². The number of ether oxygens (including phenoxy) is 1. The second-order valence-corrected chi connectivity index (χ2v) is 9.32. The molecule has 38 heavy (non-hydrogen) atoms. The number of benzene rings is 1. The minimum Gasteiger partial charge on any atom is -0.493 e. The number of rotatable bonds is 22. The van der Waals surface area contributed by atoms with Crippen LogP contribution in [0.15, 0.2) is 46.4 Å². The Morgan fingerprint density at radius 1 is 0.921 bits per heavy atom. The van der Waals surface area contributed by atoms with Gasteiger partial charge >= 0.3 is 0 Å². The summed E-state index contributed by atoms with van der Waals surface area (Å²) in [5, 5.41) is 6.22. The Kier molecular flexibility index (Phi) is 19.8. The molecule has 6 N–H and O–H groups in total. The molecule has 214 valence electrons. The molecule has 0 fully saturated rings. The van der Waals surface area contributed by atoms with Crippen molar-refractivity contribution in [2.24, 2.45) is 21.5 Å². The Balaban J connectivity index is 2.02. The number of hydrogen-bond donors (Lipinski definition) is 4. The molecule has 0 aliphatic heterocycles. The smallest absolute Gasteiger partial charge is 0.209 e. The molecule has 0 heterocycles. The third kappa shape index (κ3) is 17.3. The number of nitrogens with one attached hydrogen (secondary N) is 2. The van der Waals surface area contributed by atoms with Crippen LogP contribution in [0.2, 0.25) is 0 Å². The van der Waals surface area contributed by atoms with Gasteiger partial charge in [0.2, 0.25) is 6.41 Å². The molecular formula is C29H51N7O2. The van der Waals surface area contributed by atoms with Gasteiger partial charge in [0.1, 0.15) is 5.75 Å². The maximum atomic E-state index is 11.4. The summed E-state index contributed by atoms with van der Waals surface area (Å²) in [6, 6.07) is 7.97. The predicted octanol–water partition coefficient (Wildman–Crippen LogP) is 3.94. The molecule has 0 bridgehead atoms. The molecule has 0 spiro atoms. The summed E-state index contributed by atoms with van der Waals surface area (Å²) >= 11 is 0. The lowest BCUT2D eigenvalue weighted by atomic mass is 10.1. The summed E-state index contributed by atoms with van der Waals surface area (Å²) in [6.07, 6.45) is 16.1. The highest BCUT2D eigenvalue weighted by molar-refractivity contribution is 5.78. The quantitative estimate of drug-likeness (QED) is 0.0592. The number of nitrogens with two attached hydrogens (primary N) is 2. The van der Waals surface area contributed by atoms with Crippen molar-refractivity contribution in [3.8, 4) is 5.75 Å². The van der Waals surface area contributed by atoms with E-state index in [2.05, 4.69) is 20.6 Å². The second-order valence-electron chi connectivity index (χ2n) is 9.32. The van der Waals surface area contributed by atoms with Crippen molar-refractivity contribution >= 4 is 18.3 Å². The number of nitrogens with zero attached hydrogens (tertiary/aromatic N) is 3. The molecule has 9 nitrogen and oxygen atoms in total. The largest absolute Gasteiger partial charge is 0.493 e. The van der Waals surface area contributed by atoms with E-state index >= 15 is 0 Å². The van der Waals surface area contributed by atoms with Crippen LogP contribution in [0.3, 0.4) is 0 Å². The molecule has 0 radical (unpaired) electrons. The van der Waals surface area contributed by atoms with Crippen LogP contribution in [-0.4, -0.2) is 63.1 Å². The lowest BCUT2D eigenvalue weighted by Gasteiger charge is -2.17. The molecule has 1 amide bonds. The van der Waals surface area contributed by atoms with E-state index in [1.807, 2.05) is 48.2 Å². The van der Waals surface area contributed by atoms with Gasteiger partial charge in [0.05, 0.1) is 13.2 Å². The first-order valence-electron chi connectivity index (χ1n) is 14.1. The van der Waals surface area contributed by atoms with Crippen LogP contribution in [-0.2, 0) is 11.3 Å². The van der Waals surface area contributed by atoms with E-state index < -0.39 is 0 Å². The summed E-state index contributed by atoms with van der Waals surface area (Å²) in [4.78, 5) is 21.5. The second kappa shape index (κ2) is 22.9. The van der Waals surface area contributed by atoms with Crippen LogP contribution < -0.4 is 26.8 Å². The first-order chi connectivity index (χ1) is 18.6. The van der Waals surface area contributed by atoms with E-state index in [-0.39, 0.29) is 0 Å². The molecule has 1 rings (SSSR count). The molecule has 0 saturated heterocycles. The van der Waals surface area contributed by atoms with Crippen LogP contribution >= 0.6 is 0 Å². The van der Waals surface area contributed by atoms with Crippen molar-refractivity contribution < 1.29 is 9.53 Å². The Morgan fingerprint density at radius 3 is 2.26 bits per heavy atom. The van der Waals surface area contributed by atoms with Gasteiger partial charge in [-0.2, -0.15) is 0 Å². The van der Waals surface area contributed by atoms with Gasteiger partial charge in [-0.25, -0.2) is 4.99 Å². The third-order valence-corrected chi connectivity index (χ3v) is 6.20. The monoisotopic (exact) mass is 529 g/mol. The maximum Gasteiger partial charge on any atom is 0.209 e. The first kappa shape index (κ1) is 32.8. The Morgan fingerprint density at radius 2 is 1.58 bits per heavy atom. The summed E-state index contributed by atoms with van der Waals surface area (Å²) in [5.41, 5.74) is 12.6. The first-order valence-corrected chi connectivity index (χ1v) is 14.1. The number of carbonyl (C=O) groups is 1. The zero-order valence-electron chi connectivity index (χ0n) is 23.7. The van der Waals surface area contributed by atoms with Gasteiger partial charge in [0, 0.05) is 38.8 Å². The van der Waals surface area contributed by atoms with Crippen LogP contribution in [0.1, 0.15) is 76.7 Å². The van der Waals surface area contributed by atoms with Gasteiger partial charge in [-0.05, 0) is 38.7 Å². The van der Waals surface area contributed by atoms with Gasteiger partial charge in [-0.3, -0.25) is 9.79 Å². The molecular weight excluding hydrogens is 478 g/mol. The van der Waals surface area contributed by atoms with Gasteiger partial charge in [-0.15, -0.1) is 0 Å². The van der Waals surface area contributed by atoms with Gasteiger partial charge in [-0.1, -0.05) is 68.9 Å². The van der Waals surface area contributed by atoms with Crippen LogP contribution in [0.5, 0.6) is 5.75 Å². The molecule has 9 heteroatoms. The van der Waals surface area contributed by atoms with Crippen molar-refractivity contribution in [2.45, 2.75) is 77.7 Å². The van der Waals surface area contributed by atoms with Crippen molar-refractivity contribution in [1.29, 1.82) is 0 Å². The van der Waals surface area contributed by atoms with E-state index in [0.717, 1.165) is 82.3 Å². The average Bonchev–Trinajstić information content (AvgIpc) is 2.93. The molecule has 0 saturated carbocycles. The number of carbonyl (C=O) groups excluding carboxylic acids is 1. The number of guanidine groups is 2. The molecule has 0 aromatic heterocycles. The average molecular weight is 530 g/mol. The van der Waals surface area contributed by atoms with Crippen molar-refractivity contribution in [3.63, 3.8) is 0 Å². The summed E-state index contributed by atoms with van der Waals surface area (Å²) in [6.45, 7) is 6.42. The molecule has 0 aliphatic carbocycles. The van der Waals surface area contributed by atoms with E-state index in [9.17, 15) is 4.79 Å². The fraction of sp³-hybridized carbons (Fsp3) is 0.621. The normalized spacial score (nSPS) is 12.1. The zero-order valence-corrected chi connectivity index (χ0v) is 23.7. The molecule has 0 atom stereocenters. The van der Waals surface area contributed by atoms with Crippen molar-refractivity contribution in [1.82, 2.24) is 15.5 Å². The van der Waals surface area contributed by atoms with Crippen molar-refractivity contribution in [2.75, 3.05) is 39.8 Å². The lowest BCUT2D eigenvalue weighted by Crippen LogP contribution is -2.32. The van der Waals surface area contributed by atoms with Gasteiger partial charge in [0.25, 0.3) is 0 Å². The number of unbranched alkanes of at least 4 members (excludes halogenated alkanes) is 8. The zero-order chi connectivity index (χ0) is 27.7. The molecule has 0 aliphatic rings. The third-order valence-electron chi connectivity index (χ3n) is 6.20. The summed E-state index contributed by atoms with van der Waals surface area (Å²) in [7, 11) is 1.66. The fourth-order valence-electron chi connectivity index (χ4n) is 3.90. The van der Waals surface area contributed by atoms with Gasteiger partial charge < -0.3 is 31.7 Å². The number of hydrogen-bond acceptors (Lipinski definition) is 4. The number of amides is 1. The highest BCUT2D eigenvalue weighted by atomic mass is 16.5. The predicted molar refractivity (Wildman–Crippen MR) is 159 cm³/mol. The molecule has 1 aromatic rings. The van der Waals surface area contributed by atoms with Gasteiger partial charge in [0.15, 0.2) is 11.9 Å². The Hall–Kier alpha value is -3.23. The highest BCUT2D eigenvalue weighted by Crippen LogP contribution is 2.18. The van der Waals surface area contributed by atoms with E-state index in [4.69, 9.17) is 16.2 Å². The molecule has 0 unspecified atom stereocenters. The van der Waals surface area contributed by atoms with Crippen molar-refractivity contribution in [3.05, 3.63) is 42.0 Å². The topological polar surface area (TPSA) is 130 Å². The van der Waals surface area contributed by atoms with Crippen LogP contribution in [0.4, 0.5) is 0 Å². The SMILES string of the molecule is C/C=C/CN=C(N)NCCCCCCCCN(C=O)CCCCCCOc1ccccc1CNC(N)=NC. The van der Waals surface area contributed by atoms with E-state index in [0.29, 0.717) is 31.6 Å². The number of aliphatic imine (C=N–C) groups is 2. The fourth-order valence-corrected chi connectivity index (χ4v) is 3.90. The van der Waals surface area contributed by atoms with Crippen LogP contribution in [0.25, 0.3) is 0 Å². The minimum atomic E-state index is 0.414. The summed E-state index contributed by atoms with van der Waals surface area (Å²) < 4.78 is 5.98. The number of allylic oxidation sites excluding steroid dienone is 1. The maximum absolute atomic E-state index is 11.4. The highest BCUT2D eigenvalue weighted by Gasteiger charge is 2.04. The standard InChI is InChI=1S/C29H51N7O2/c1-3-4-19-33-29(31)34-20-13-7-5-6-8-14-21-36(25-37)22-15-9-10-16-23-38-27-18-12-11-17-26(27)24-35-28(30)32-2/h3-4,11-12,17-18,25H,5-10,13-16,19-24H2,1-2H3,(H3,30,32,35)(H3,31,33,34)/b4-3+. The Bertz CT molecular complexity index is 827. The Labute approximate surface area is 230 Å². The lowest BCUT2D eigenvalue weighted by molar-refractivity contribution is -0.118. The molecule has 1 aromatic carbocycles.